The number of hydrogen-bond acceptors (Lipinski definition) is 3. The lowest BCUT2D eigenvalue weighted by molar-refractivity contribution is -0.125. The molecule has 1 aromatic carbocycles. The first kappa shape index (κ1) is 13.5. The van der Waals surface area contributed by atoms with Gasteiger partial charge in [0, 0.05) is 16.8 Å². The molecule has 0 radical (unpaired) electrons. The van der Waals surface area contributed by atoms with Gasteiger partial charge in [-0.3, -0.25) is 0 Å². The first-order valence-corrected chi connectivity index (χ1v) is 8.14. The zero-order valence-corrected chi connectivity index (χ0v) is 12.3. The van der Waals surface area contributed by atoms with Gasteiger partial charge >= 0.3 is 0 Å². The number of aliphatic hydroxyl groups is 1. The van der Waals surface area contributed by atoms with Crippen molar-refractivity contribution in [2.75, 3.05) is 6.61 Å². The molecule has 1 aliphatic carbocycles. The average Bonchev–Trinajstić information content (AvgIpc) is 2.38. The van der Waals surface area contributed by atoms with E-state index in [1.807, 2.05) is 23.9 Å². The minimum atomic E-state index is -0.375. The lowest BCUT2D eigenvalue weighted by Crippen LogP contribution is -2.46. The Bertz CT molecular complexity index is 423. The Morgan fingerprint density at radius 3 is 2.63 bits per heavy atom. The van der Waals surface area contributed by atoms with E-state index in [0.717, 1.165) is 18.6 Å². The number of benzene rings is 1. The summed E-state index contributed by atoms with van der Waals surface area (Å²) in [5.74, 6) is 0. The third-order valence-corrected chi connectivity index (χ3v) is 5.66. The maximum atomic E-state index is 9.52. The lowest BCUT2D eigenvalue weighted by Gasteiger charge is -2.47. The minimum Gasteiger partial charge on any atom is -0.389 e. The van der Waals surface area contributed by atoms with Crippen LogP contribution in [0.1, 0.15) is 50.7 Å². The Labute approximate surface area is 119 Å². The molecule has 2 aliphatic rings. The number of aliphatic hydroxyl groups excluding tert-OH is 1. The van der Waals surface area contributed by atoms with Crippen molar-refractivity contribution in [2.45, 2.75) is 60.9 Å². The molecular formula is C16H22O2S. The topological polar surface area (TPSA) is 29.5 Å². The second-order valence-electron chi connectivity index (χ2n) is 5.86. The normalized spacial score (nSPS) is 26.9. The van der Waals surface area contributed by atoms with E-state index >= 15 is 0 Å². The second kappa shape index (κ2) is 5.47. The Morgan fingerprint density at radius 2 is 2.05 bits per heavy atom. The zero-order chi connectivity index (χ0) is 13.3. The molecule has 1 N–H and O–H groups in total. The van der Waals surface area contributed by atoms with Gasteiger partial charge < -0.3 is 9.84 Å². The summed E-state index contributed by atoms with van der Waals surface area (Å²) >= 11 is 1.97. The zero-order valence-electron chi connectivity index (χ0n) is 11.5. The Kier molecular flexibility index (Phi) is 3.88. The van der Waals surface area contributed by atoms with Crippen molar-refractivity contribution in [3.63, 3.8) is 0 Å². The summed E-state index contributed by atoms with van der Waals surface area (Å²) in [6.45, 7) is 2.73. The van der Waals surface area contributed by atoms with Crippen molar-refractivity contribution < 1.29 is 9.84 Å². The summed E-state index contributed by atoms with van der Waals surface area (Å²) in [4.78, 5) is 1.31. The van der Waals surface area contributed by atoms with Gasteiger partial charge in [0.25, 0.3) is 0 Å². The highest BCUT2D eigenvalue weighted by molar-refractivity contribution is 8.00. The van der Waals surface area contributed by atoms with Gasteiger partial charge in [-0.25, -0.2) is 0 Å². The maximum absolute atomic E-state index is 9.52. The summed E-state index contributed by atoms with van der Waals surface area (Å²) in [5.41, 5.74) is 1.22. The molecular weight excluding hydrogens is 256 g/mol. The molecule has 1 saturated heterocycles. The van der Waals surface area contributed by atoms with Crippen LogP contribution in [0.5, 0.6) is 0 Å². The Morgan fingerprint density at radius 1 is 1.32 bits per heavy atom. The quantitative estimate of drug-likeness (QED) is 0.908. The van der Waals surface area contributed by atoms with Gasteiger partial charge in [0.15, 0.2) is 0 Å². The van der Waals surface area contributed by atoms with Crippen molar-refractivity contribution in [1.29, 1.82) is 0 Å². The van der Waals surface area contributed by atoms with Crippen molar-refractivity contribution in [1.82, 2.24) is 0 Å². The van der Waals surface area contributed by atoms with Crippen LogP contribution in [-0.2, 0) is 4.74 Å². The van der Waals surface area contributed by atoms with E-state index < -0.39 is 0 Å². The largest absolute Gasteiger partial charge is 0.389 e. The van der Waals surface area contributed by atoms with Gasteiger partial charge in [-0.05, 0) is 56.7 Å². The average molecular weight is 278 g/mol. The predicted octanol–water partition coefficient (Wildman–Crippen LogP) is 3.93. The molecule has 19 heavy (non-hydrogen) atoms. The molecule has 2 atom stereocenters. The van der Waals surface area contributed by atoms with Crippen LogP contribution >= 0.6 is 11.8 Å². The molecule has 2 unspecified atom stereocenters. The van der Waals surface area contributed by atoms with Gasteiger partial charge in [0.05, 0.1) is 11.7 Å². The number of ether oxygens (including phenoxy) is 1. The summed E-state index contributed by atoms with van der Waals surface area (Å²) in [5, 5.41) is 10.2. The van der Waals surface area contributed by atoms with E-state index in [2.05, 4.69) is 12.1 Å². The first-order chi connectivity index (χ1) is 9.17. The number of thioether (sulfide) groups is 1. The van der Waals surface area contributed by atoms with Crippen LogP contribution in [0.25, 0.3) is 0 Å². The second-order valence-corrected chi connectivity index (χ2v) is 7.24. The molecule has 2 fully saturated rings. The molecule has 104 valence electrons. The van der Waals surface area contributed by atoms with E-state index in [9.17, 15) is 5.11 Å². The van der Waals surface area contributed by atoms with E-state index in [0.29, 0.717) is 5.25 Å². The Balaban J connectivity index is 1.61. The third kappa shape index (κ3) is 2.99. The monoisotopic (exact) mass is 278 g/mol. The lowest BCUT2D eigenvalue weighted by atomic mass is 9.75. The van der Waals surface area contributed by atoms with Crippen molar-refractivity contribution in [3.8, 4) is 0 Å². The number of hydrogen-bond donors (Lipinski definition) is 1. The highest BCUT2D eigenvalue weighted by Crippen LogP contribution is 2.46. The molecule has 1 spiro atoms. The van der Waals surface area contributed by atoms with Crippen LogP contribution in [0.4, 0.5) is 0 Å². The highest BCUT2D eigenvalue weighted by Gasteiger charge is 2.42. The van der Waals surface area contributed by atoms with Crippen LogP contribution in [0.2, 0.25) is 0 Å². The number of rotatable bonds is 3. The summed E-state index contributed by atoms with van der Waals surface area (Å²) in [6, 6.07) is 8.34. The summed E-state index contributed by atoms with van der Waals surface area (Å²) in [7, 11) is 0. The maximum Gasteiger partial charge on any atom is 0.0761 e. The van der Waals surface area contributed by atoms with Crippen molar-refractivity contribution in [3.05, 3.63) is 29.8 Å². The van der Waals surface area contributed by atoms with Crippen LogP contribution in [0, 0.1) is 0 Å². The van der Waals surface area contributed by atoms with E-state index in [4.69, 9.17) is 4.74 Å². The van der Waals surface area contributed by atoms with E-state index in [-0.39, 0.29) is 11.7 Å². The smallest absolute Gasteiger partial charge is 0.0761 e. The molecule has 0 amide bonds. The molecule has 0 bridgehead atoms. The van der Waals surface area contributed by atoms with Crippen molar-refractivity contribution in [2.24, 2.45) is 0 Å². The fourth-order valence-electron chi connectivity index (χ4n) is 3.02. The SMILES string of the molecule is CC(O)c1ccc(SC2CCOC3(CCC3)C2)cc1. The predicted molar refractivity (Wildman–Crippen MR) is 78.5 cm³/mol. The fraction of sp³-hybridized carbons (Fsp3) is 0.625. The molecule has 2 nitrogen and oxygen atoms in total. The van der Waals surface area contributed by atoms with Crippen LogP contribution in [-0.4, -0.2) is 22.6 Å². The molecule has 1 aromatic rings. The molecule has 3 rings (SSSR count). The fourth-order valence-corrected chi connectivity index (χ4v) is 4.30. The van der Waals surface area contributed by atoms with Gasteiger partial charge in [-0.2, -0.15) is 0 Å². The van der Waals surface area contributed by atoms with Crippen LogP contribution < -0.4 is 0 Å². The molecule has 1 aliphatic heterocycles. The third-order valence-electron chi connectivity index (χ3n) is 4.38. The van der Waals surface area contributed by atoms with E-state index in [1.165, 1.54) is 30.6 Å². The van der Waals surface area contributed by atoms with Gasteiger partial charge in [0.1, 0.15) is 0 Å². The van der Waals surface area contributed by atoms with Gasteiger partial charge in [-0.1, -0.05) is 12.1 Å². The summed E-state index contributed by atoms with van der Waals surface area (Å²) in [6.07, 6.45) is 5.83. The van der Waals surface area contributed by atoms with Crippen molar-refractivity contribution >= 4 is 11.8 Å². The van der Waals surface area contributed by atoms with E-state index in [1.54, 1.807) is 6.92 Å². The Hall–Kier alpha value is -0.510. The van der Waals surface area contributed by atoms with Crippen LogP contribution in [0.3, 0.4) is 0 Å². The highest BCUT2D eigenvalue weighted by atomic mass is 32.2. The molecule has 3 heteroatoms. The molecule has 1 saturated carbocycles. The van der Waals surface area contributed by atoms with Gasteiger partial charge in [-0.15, -0.1) is 11.8 Å². The molecule has 0 aromatic heterocycles. The van der Waals surface area contributed by atoms with Gasteiger partial charge in [0.2, 0.25) is 0 Å². The first-order valence-electron chi connectivity index (χ1n) is 7.26. The standard InChI is InChI=1S/C16H22O2S/c1-12(17)13-3-5-14(6-4-13)19-15-7-10-18-16(11-15)8-2-9-16/h3-6,12,15,17H,2,7-11H2,1H3. The van der Waals surface area contributed by atoms with Crippen LogP contribution in [0.15, 0.2) is 29.2 Å². The minimum absolute atomic E-state index is 0.232. The summed E-state index contributed by atoms with van der Waals surface area (Å²) < 4.78 is 5.97. The molecule has 1 heterocycles.